The molecule has 7 heteroatoms. The van der Waals surface area contributed by atoms with Crippen LogP contribution >= 0.6 is 11.3 Å². The average molecular weight is 304 g/mol. The lowest BCUT2D eigenvalue weighted by Gasteiger charge is -2.09. The number of fused-ring (bicyclic) bond motifs is 1. The highest BCUT2D eigenvalue weighted by atomic mass is 32.1. The predicted molar refractivity (Wildman–Crippen MR) is 82.4 cm³/mol. The van der Waals surface area contributed by atoms with E-state index >= 15 is 0 Å². The number of carbonyl (C=O) groups excluding carboxylic acids is 2. The highest BCUT2D eigenvalue weighted by Crippen LogP contribution is 2.34. The van der Waals surface area contributed by atoms with Gasteiger partial charge < -0.3 is 16.4 Å². The van der Waals surface area contributed by atoms with E-state index < -0.39 is 0 Å². The second kappa shape index (κ2) is 5.00. The zero-order valence-corrected chi connectivity index (χ0v) is 12.6. The van der Waals surface area contributed by atoms with Gasteiger partial charge in [0.1, 0.15) is 9.71 Å². The van der Waals surface area contributed by atoms with Crippen molar-refractivity contribution in [3.05, 3.63) is 22.2 Å². The number of carbonyl (C=O) groups is 2. The summed E-state index contributed by atoms with van der Waals surface area (Å²) in [4.78, 5) is 29.2. The van der Waals surface area contributed by atoms with Crippen LogP contribution in [0.4, 0.5) is 5.69 Å². The van der Waals surface area contributed by atoms with E-state index in [1.807, 2.05) is 19.9 Å². The molecule has 1 aliphatic heterocycles. The minimum absolute atomic E-state index is 0.0438. The molecule has 0 aromatic carbocycles. The maximum atomic E-state index is 12.3. The van der Waals surface area contributed by atoms with Gasteiger partial charge in [0.25, 0.3) is 5.91 Å². The second-order valence-electron chi connectivity index (χ2n) is 5.28. The van der Waals surface area contributed by atoms with Gasteiger partial charge in [-0.3, -0.25) is 9.59 Å². The molecule has 1 atom stereocenters. The van der Waals surface area contributed by atoms with Crippen LogP contribution in [0.1, 0.15) is 27.3 Å². The SMILES string of the molecule is Cc1cc(C)c2c(N)c(C(=O)NC3CNC(=O)C3)sc2n1. The van der Waals surface area contributed by atoms with E-state index in [2.05, 4.69) is 15.6 Å². The molecule has 0 bridgehead atoms. The summed E-state index contributed by atoms with van der Waals surface area (Å²) < 4.78 is 0. The van der Waals surface area contributed by atoms with Crippen LogP contribution in [0.3, 0.4) is 0 Å². The number of aromatic nitrogens is 1. The number of nitrogens with two attached hydrogens (primary N) is 1. The number of nitrogens with zero attached hydrogens (tertiary/aromatic N) is 1. The highest BCUT2D eigenvalue weighted by molar-refractivity contribution is 7.21. The van der Waals surface area contributed by atoms with Crippen molar-refractivity contribution < 1.29 is 9.59 Å². The van der Waals surface area contributed by atoms with Gasteiger partial charge in [-0.05, 0) is 25.5 Å². The number of pyridine rings is 1. The fourth-order valence-corrected chi connectivity index (χ4v) is 3.72. The van der Waals surface area contributed by atoms with E-state index in [0.29, 0.717) is 23.5 Å². The third kappa shape index (κ3) is 2.44. The molecular formula is C14H16N4O2S. The summed E-state index contributed by atoms with van der Waals surface area (Å²) >= 11 is 1.29. The topological polar surface area (TPSA) is 97.1 Å². The highest BCUT2D eigenvalue weighted by Gasteiger charge is 2.26. The summed E-state index contributed by atoms with van der Waals surface area (Å²) in [6, 6.07) is 1.78. The molecule has 0 saturated carbocycles. The van der Waals surface area contributed by atoms with E-state index in [9.17, 15) is 9.59 Å². The van der Waals surface area contributed by atoms with Crippen molar-refractivity contribution >= 4 is 39.1 Å². The Morgan fingerprint density at radius 3 is 2.95 bits per heavy atom. The van der Waals surface area contributed by atoms with Gasteiger partial charge in [-0.1, -0.05) is 0 Å². The maximum Gasteiger partial charge on any atom is 0.263 e. The Labute approximate surface area is 125 Å². The van der Waals surface area contributed by atoms with E-state index in [1.165, 1.54) is 11.3 Å². The van der Waals surface area contributed by atoms with Crippen LogP contribution in [0.15, 0.2) is 6.07 Å². The molecule has 3 heterocycles. The summed E-state index contributed by atoms with van der Waals surface area (Å²) in [5.74, 6) is -0.285. The molecule has 2 amide bonds. The van der Waals surface area contributed by atoms with Gasteiger partial charge in [0, 0.05) is 24.0 Å². The number of hydrogen-bond acceptors (Lipinski definition) is 5. The molecule has 1 saturated heterocycles. The van der Waals surface area contributed by atoms with E-state index in [1.54, 1.807) is 0 Å². The van der Waals surface area contributed by atoms with Crippen molar-refractivity contribution in [2.45, 2.75) is 26.3 Å². The van der Waals surface area contributed by atoms with Gasteiger partial charge in [0.2, 0.25) is 5.91 Å². The van der Waals surface area contributed by atoms with Gasteiger partial charge in [-0.15, -0.1) is 11.3 Å². The number of rotatable bonds is 2. The van der Waals surface area contributed by atoms with E-state index in [4.69, 9.17) is 5.73 Å². The van der Waals surface area contributed by atoms with Crippen molar-refractivity contribution in [3.8, 4) is 0 Å². The summed E-state index contributed by atoms with van der Waals surface area (Å²) in [5.41, 5.74) is 8.51. The third-order valence-electron chi connectivity index (χ3n) is 3.54. The van der Waals surface area contributed by atoms with Crippen LogP contribution < -0.4 is 16.4 Å². The molecule has 1 aliphatic rings. The molecule has 1 unspecified atom stereocenters. The number of thiophene rings is 1. The summed E-state index contributed by atoms with van der Waals surface area (Å²) in [5, 5.41) is 6.38. The lowest BCUT2D eigenvalue weighted by molar-refractivity contribution is -0.119. The smallest absolute Gasteiger partial charge is 0.263 e. The van der Waals surface area contributed by atoms with Crippen LogP contribution in [0.2, 0.25) is 0 Å². The zero-order chi connectivity index (χ0) is 15.1. The number of amides is 2. The van der Waals surface area contributed by atoms with E-state index in [0.717, 1.165) is 21.5 Å². The van der Waals surface area contributed by atoms with Crippen LogP contribution in [0, 0.1) is 13.8 Å². The first-order valence-corrected chi connectivity index (χ1v) is 7.51. The molecule has 2 aromatic heterocycles. The van der Waals surface area contributed by atoms with Crippen LogP contribution in [-0.4, -0.2) is 29.4 Å². The second-order valence-corrected chi connectivity index (χ2v) is 6.28. The predicted octanol–water partition coefficient (Wildman–Crippen LogP) is 1.11. The average Bonchev–Trinajstić information content (AvgIpc) is 2.93. The number of anilines is 1. The largest absolute Gasteiger partial charge is 0.397 e. The molecule has 110 valence electrons. The summed E-state index contributed by atoms with van der Waals surface area (Å²) in [7, 11) is 0. The minimum atomic E-state index is -0.242. The third-order valence-corrected chi connectivity index (χ3v) is 4.64. The quantitative estimate of drug-likeness (QED) is 0.774. The Kier molecular flexibility index (Phi) is 3.29. The maximum absolute atomic E-state index is 12.3. The molecular weight excluding hydrogens is 288 g/mol. The first-order chi connectivity index (χ1) is 9.95. The van der Waals surface area contributed by atoms with Crippen molar-refractivity contribution in [2.24, 2.45) is 0 Å². The van der Waals surface area contributed by atoms with Gasteiger partial charge in [-0.25, -0.2) is 4.98 Å². The summed E-state index contributed by atoms with van der Waals surface area (Å²) in [6.45, 7) is 4.34. The van der Waals surface area contributed by atoms with Gasteiger partial charge in [0.15, 0.2) is 0 Å². The van der Waals surface area contributed by atoms with E-state index in [-0.39, 0.29) is 17.9 Å². The minimum Gasteiger partial charge on any atom is -0.397 e. The van der Waals surface area contributed by atoms with Crippen molar-refractivity contribution in [1.82, 2.24) is 15.6 Å². The first-order valence-electron chi connectivity index (χ1n) is 6.69. The normalized spacial score (nSPS) is 18.0. The number of hydrogen-bond donors (Lipinski definition) is 3. The van der Waals surface area contributed by atoms with Gasteiger partial charge in [0.05, 0.1) is 11.7 Å². The fraction of sp³-hybridized carbons (Fsp3) is 0.357. The first kappa shape index (κ1) is 13.8. The van der Waals surface area contributed by atoms with Crippen LogP contribution in [0.25, 0.3) is 10.2 Å². The Morgan fingerprint density at radius 2 is 2.29 bits per heavy atom. The van der Waals surface area contributed by atoms with Crippen molar-refractivity contribution in [1.29, 1.82) is 0 Å². The molecule has 0 radical (unpaired) electrons. The van der Waals surface area contributed by atoms with Gasteiger partial charge >= 0.3 is 0 Å². The number of aryl methyl sites for hydroxylation is 2. The molecule has 4 N–H and O–H groups in total. The standard InChI is InChI=1S/C14H16N4O2S/c1-6-3-7(2)17-14-10(6)11(15)12(21-14)13(20)18-8-4-9(19)16-5-8/h3,8H,4-5,15H2,1-2H3,(H,16,19)(H,18,20). The Hall–Kier alpha value is -2.15. The Morgan fingerprint density at radius 1 is 1.52 bits per heavy atom. The molecule has 2 aromatic rings. The molecule has 21 heavy (non-hydrogen) atoms. The zero-order valence-electron chi connectivity index (χ0n) is 11.8. The fourth-order valence-electron chi connectivity index (χ4n) is 2.60. The Balaban J connectivity index is 1.93. The van der Waals surface area contributed by atoms with Gasteiger partial charge in [-0.2, -0.15) is 0 Å². The molecule has 1 fully saturated rings. The summed E-state index contributed by atoms with van der Waals surface area (Å²) in [6.07, 6.45) is 0.312. The number of nitrogen functional groups attached to an aromatic ring is 1. The Bertz CT molecular complexity index is 753. The number of nitrogens with one attached hydrogen (secondary N) is 2. The van der Waals surface area contributed by atoms with Crippen molar-refractivity contribution in [3.63, 3.8) is 0 Å². The lowest BCUT2D eigenvalue weighted by atomic mass is 10.1. The van der Waals surface area contributed by atoms with Crippen LogP contribution in [0.5, 0.6) is 0 Å². The lowest BCUT2D eigenvalue weighted by Crippen LogP contribution is -2.36. The molecule has 6 nitrogen and oxygen atoms in total. The van der Waals surface area contributed by atoms with Crippen LogP contribution in [-0.2, 0) is 4.79 Å². The molecule has 3 rings (SSSR count). The molecule has 0 spiro atoms. The molecule has 0 aliphatic carbocycles. The van der Waals surface area contributed by atoms with Crippen molar-refractivity contribution in [2.75, 3.05) is 12.3 Å². The monoisotopic (exact) mass is 304 g/mol.